The Balaban J connectivity index is 1.24. The van der Waals surface area contributed by atoms with Gasteiger partial charge in [-0.1, -0.05) is 18.2 Å². The Morgan fingerprint density at radius 1 is 1.14 bits per heavy atom. The molecule has 3 N–H and O–H groups in total. The molecule has 13 nitrogen and oxygen atoms in total. The molecule has 3 aromatic heterocycles. The average Bonchev–Trinajstić information content (AvgIpc) is 3.65. The van der Waals surface area contributed by atoms with Gasteiger partial charge in [-0.25, -0.2) is 14.8 Å². The van der Waals surface area contributed by atoms with Crippen LogP contribution in [0.2, 0.25) is 0 Å². The standard InChI is InChI=1S/C28H28F3N9O4/c1-16-10-23(41)40(44-27(42)28(29,30)31)37-24(16)17-2-3-21-22(12-17)36-26(35-21)20-11-18(13-33-25(20)32)19-14-34-39(15-19)5-4-38-6-8-43-9-7-38/h2-3,11-16H,4-10H2,1H3,(H2,32,33)(H,35,36). The van der Waals surface area contributed by atoms with Gasteiger partial charge < -0.3 is 20.3 Å². The molecule has 1 fully saturated rings. The van der Waals surface area contributed by atoms with Crippen molar-refractivity contribution in [1.29, 1.82) is 0 Å². The summed E-state index contributed by atoms with van der Waals surface area (Å²) in [5.41, 5.74) is 10.4. The predicted molar refractivity (Wildman–Crippen MR) is 152 cm³/mol. The summed E-state index contributed by atoms with van der Waals surface area (Å²) in [5.74, 6) is -3.13. The molecule has 2 aliphatic rings. The van der Waals surface area contributed by atoms with Crippen molar-refractivity contribution in [2.45, 2.75) is 26.1 Å². The third kappa shape index (κ3) is 6.12. The zero-order valence-corrected chi connectivity index (χ0v) is 23.5. The number of hydrazone groups is 1. The molecule has 44 heavy (non-hydrogen) atoms. The van der Waals surface area contributed by atoms with Crippen LogP contribution in [0.25, 0.3) is 33.5 Å². The summed E-state index contributed by atoms with van der Waals surface area (Å²) >= 11 is 0. The lowest BCUT2D eigenvalue weighted by Crippen LogP contribution is -2.40. The maximum atomic E-state index is 12.7. The highest BCUT2D eigenvalue weighted by atomic mass is 19.4. The van der Waals surface area contributed by atoms with Gasteiger partial charge in [0.1, 0.15) is 11.6 Å². The number of aromatic nitrogens is 5. The highest BCUT2D eigenvalue weighted by Crippen LogP contribution is 2.31. The van der Waals surface area contributed by atoms with Gasteiger partial charge in [0.15, 0.2) is 0 Å². The minimum Gasteiger partial charge on any atom is -0.383 e. The van der Waals surface area contributed by atoms with Gasteiger partial charge in [-0.15, -0.1) is 5.10 Å². The van der Waals surface area contributed by atoms with Crippen LogP contribution in [0, 0.1) is 5.92 Å². The van der Waals surface area contributed by atoms with E-state index >= 15 is 0 Å². The van der Waals surface area contributed by atoms with E-state index in [4.69, 9.17) is 10.5 Å². The molecule has 1 amide bonds. The number of carbonyl (C=O) groups is 2. The summed E-state index contributed by atoms with van der Waals surface area (Å²) in [7, 11) is 0. The van der Waals surface area contributed by atoms with E-state index in [1.807, 2.05) is 16.9 Å². The first kappa shape index (κ1) is 29.3. The Kier molecular flexibility index (Phi) is 7.77. The number of nitrogens with one attached hydrogen (secondary N) is 1. The van der Waals surface area contributed by atoms with Crippen molar-refractivity contribution in [3.8, 4) is 22.5 Å². The quantitative estimate of drug-likeness (QED) is 0.321. The van der Waals surface area contributed by atoms with Crippen LogP contribution in [0.5, 0.6) is 0 Å². The van der Waals surface area contributed by atoms with Gasteiger partial charge in [0, 0.05) is 61.1 Å². The van der Waals surface area contributed by atoms with Crippen molar-refractivity contribution in [2.75, 3.05) is 38.6 Å². The van der Waals surface area contributed by atoms with Crippen LogP contribution in [0.3, 0.4) is 0 Å². The summed E-state index contributed by atoms with van der Waals surface area (Å²) in [6.07, 6.45) is -0.0806. The van der Waals surface area contributed by atoms with E-state index in [0.717, 1.165) is 50.5 Å². The minimum absolute atomic E-state index is 0.0936. The zero-order chi connectivity index (χ0) is 31.0. The molecule has 0 aliphatic carbocycles. The molecule has 6 rings (SSSR count). The lowest BCUT2D eigenvalue weighted by molar-refractivity contribution is -0.238. The maximum Gasteiger partial charge on any atom is 0.493 e. The second-order valence-corrected chi connectivity index (χ2v) is 10.6. The maximum absolute atomic E-state index is 12.7. The van der Waals surface area contributed by atoms with Crippen LogP contribution in [-0.4, -0.2) is 91.4 Å². The Hall–Kier alpha value is -4.83. The normalized spacial score (nSPS) is 18.1. The zero-order valence-electron chi connectivity index (χ0n) is 23.5. The van der Waals surface area contributed by atoms with E-state index in [1.165, 1.54) is 0 Å². The number of nitrogen functional groups attached to an aromatic ring is 1. The second kappa shape index (κ2) is 11.7. The number of benzene rings is 1. The number of hydroxylamine groups is 1. The number of nitrogens with zero attached hydrogens (tertiary/aromatic N) is 7. The first-order valence-electron chi connectivity index (χ1n) is 13.8. The van der Waals surface area contributed by atoms with Gasteiger partial charge in [0.2, 0.25) is 0 Å². The average molecular weight is 612 g/mol. The molecule has 230 valence electrons. The van der Waals surface area contributed by atoms with Gasteiger partial charge in [0.05, 0.1) is 48.3 Å². The van der Waals surface area contributed by atoms with Crippen molar-refractivity contribution in [1.82, 2.24) is 34.8 Å². The van der Waals surface area contributed by atoms with Crippen LogP contribution in [0.1, 0.15) is 18.9 Å². The number of hydrogen-bond donors (Lipinski definition) is 2. The fourth-order valence-electron chi connectivity index (χ4n) is 5.06. The van der Waals surface area contributed by atoms with E-state index in [0.29, 0.717) is 28.0 Å². The number of amides is 1. The Bertz CT molecular complexity index is 1740. The topological polar surface area (TPSA) is 157 Å². The van der Waals surface area contributed by atoms with Gasteiger partial charge >= 0.3 is 12.1 Å². The largest absolute Gasteiger partial charge is 0.493 e. The van der Waals surface area contributed by atoms with E-state index in [1.54, 1.807) is 37.5 Å². The van der Waals surface area contributed by atoms with Crippen LogP contribution < -0.4 is 5.73 Å². The number of halogens is 3. The molecule has 1 aromatic carbocycles. The monoisotopic (exact) mass is 611 g/mol. The van der Waals surface area contributed by atoms with E-state index in [9.17, 15) is 22.8 Å². The number of hydrogen-bond acceptors (Lipinski definition) is 10. The number of ether oxygens (including phenoxy) is 1. The predicted octanol–water partition coefficient (Wildman–Crippen LogP) is 3.00. The molecular weight excluding hydrogens is 583 g/mol. The number of H-pyrrole nitrogens is 1. The summed E-state index contributed by atoms with van der Waals surface area (Å²) in [4.78, 5) is 42.3. The number of nitrogens with two attached hydrogens (primary N) is 1. The molecule has 1 saturated heterocycles. The second-order valence-electron chi connectivity index (χ2n) is 10.6. The molecule has 1 unspecified atom stereocenters. The SMILES string of the molecule is CC1CC(=O)N(OC(=O)C(F)(F)F)N=C1c1ccc2nc(-c3cc(-c4cnn(CCN5CCOCC5)c4)cnc3N)[nH]c2c1. The third-order valence-corrected chi connectivity index (χ3v) is 7.43. The molecule has 0 spiro atoms. The summed E-state index contributed by atoms with van der Waals surface area (Å²) in [6.45, 7) is 6.59. The number of anilines is 1. The van der Waals surface area contributed by atoms with Crippen LogP contribution in [0.15, 0.2) is 48.0 Å². The Labute approximate surface area is 248 Å². The molecule has 2 aliphatic heterocycles. The van der Waals surface area contributed by atoms with Gasteiger partial charge in [-0.2, -0.15) is 18.3 Å². The van der Waals surface area contributed by atoms with Crippen molar-refractivity contribution >= 4 is 34.4 Å². The van der Waals surface area contributed by atoms with Crippen molar-refractivity contribution in [3.63, 3.8) is 0 Å². The van der Waals surface area contributed by atoms with E-state index in [2.05, 4.69) is 34.9 Å². The van der Waals surface area contributed by atoms with E-state index < -0.39 is 24.0 Å². The molecule has 5 heterocycles. The van der Waals surface area contributed by atoms with Crippen LogP contribution in [-0.2, 0) is 25.7 Å². The summed E-state index contributed by atoms with van der Waals surface area (Å²) < 4.78 is 45.4. The smallest absolute Gasteiger partial charge is 0.383 e. The van der Waals surface area contributed by atoms with Gasteiger partial charge in [-0.05, 0) is 18.2 Å². The highest BCUT2D eigenvalue weighted by Gasteiger charge is 2.44. The Morgan fingerprint density at radius 2 is 1.93 bits per heavy atom. The molecule has 16 heteroatoms. The van der Waals surface area contributed by atoms with Crippen LogP contribution >= 0.6 is 0 Å². The molecule has 0 radical (unpaired) electrons. The van der Waals surface area contributed by atoms with Gasteiger partial charge in [0.25, 0.3) is 5.91 Å². The number of fused-ring (bicyclic) bond motifs is 1. The number of rotatable bonds is 7. The molecule has 4 aromatic rings. The fourth-order valence-corrected chi connectivity index (χ4v) is 5.06. The highest BCUT2D eigenvalue weighted by molar-refractivity contribution is 6.07. The third-order valence-electron chi connectivity index (χ3n) is 7.43. The fraction of sp³-hybridized carbons (Fsp3) is 0.357. The number of morpholine rings is 1. The minimum atomic E-state index is -5.28. The lowest BCUT2D eigenvalue weighted by atomic mass is 9.94. The summed E-state index contributed by atoms with van der Waals surface area (Å²) in [6, 6.07) is 6.95. The van der Waals surface area contributed by atoms with Gasteiger partial charge in [-0.3, -0.25) is 14.4 Å². The number of carbonyl (C=O) groups excluding carboxylic acids is 2. The molecular formula is C28H28F3N9O4. The first-order valence-corrected chi connectivity index (χ1v) is 13.8. The van der Waals surface area contributed by atoms with Crippen molar-refractivity contribution < 1.29 is 32.3 Å². The molecule has 0 bridgehead atoms. The van der Waals surface area contributed by atoms with Crippen molar-refractivity contribution in [2.24, 2.45) is 11.0 Å². The molecule has 0 saturated carbocycles. The summed E-state index contributed by atoms with van der Waals surface area (Å²) in [5, 5.41) is 8.50. The first-order chi connectivity index (χ1) is 21.0. The Morgan fingerprint density at radius 3 is 2.70 bits per heavy atom. The van der Waals surface area contributed by atoms with Crippen molar-refractivity contribution in [3.05, 3.63) is 48.4 Å². The molecule has 1 atom stereocenters. The van der Waals surface area contributed by atoms with E-state index in [-0.39, 0.29) is 23.1 Å². The number of alkyl halides is 3. The number of imidazole rings is 1. The lowest BCUT2D eigenvalue weighted by Gasteiger charge is -2.26. The van der Waals surface area contributed by atoms with Crippen LogP contribution in [0.4, 0.5) is 19.0 Å². The number of pyridine rings is 1. The number of aromatic amines is 1.